The Morgan fingerprint density at radius 3 is 2.62 bits per heavy atom. The number of ether oxygens (including phenoxy) is 1. The summed E-state index contributed by atoms with van der Waals surface area (Å²) in [6.45, 7) is 0. The van der Waals surface area contributed by atoms with Crippen LogP contribution in [0.1, 0.15) is 6.42 Å². The second-order valence-electron chi connectivity index (χ2n) is 2.77. The first-order valence-electron chi connectivity index (χ1n) is 3.60. The second-order valence-corrected chi connectivity index (χ2v) is 4.96. The first-order chi connectivity index (χ1) is 5.91. The first-order valence-corrected chi connectivity index (χ1v) is 5.42. The van der Waals surface area contributed by atoms with Gasteiger partial charge in [-0.05, 0) is 0 Å². The molecule has 1 fully saturated rings. The van der Waals surface area contributed by atoms with Gasteiger partial charge in [-0.25, -0.2) is 13.2 Å². The maximum atomic E-state index is 11.0. The van der Waals surface area contributed by atoms with Crippen LogP contribution >= 0.6 is 0 Å². The largest absolute Gasteiger partial charge is 0.438 e. The molecular formula is C6H9NO5S. The molecule has 0 aromatic heterocycles. The van der Waals surface area contributed by atoms with Crippen LogP contribution in [0, 0.1) is 0 Å². The van der Waals surface area contributed by atoms with Crippen molar-refractivity contribution in [2.24, 2.45) is 5.73 Å². The molecule has 6 nitrogen and oxygen atoms in total. The Hall–Kier alpha value is -1.11. The van der Waals surface area contributed by atoms with E-state index >= 15 is 0 Å². The molecule has 1 heterocycles. The molecule has 0 aliphatic carbocycles. The zero-order valence-electron chi connectivity index (χ0n) is 6.73. The van der Waals surface area contributed by atoms with E-state index in [-0.39, 0.29) is 12.2 Å². The third-order valence-corrected chi connectivity index (χ3v) is 3.25. The highest BCUT2D eigenvalue weighted by molar-refractivity contribution is 7.92. The van der Waals surface area contributed by atoms with Crippen LogP contribution < -0.4 is 5.73 Å². The molecule has 0 saturated carbocycles. The Balaban J connectivity index is 2.64. The number of ketones is 1. The van der Waals surface area contributed by atoms with Gasteiger partial charge in [0.1, 0.15) is 5.75 Å². The molecule has 0 spiro atoms. The van der Waals surface area contributed by atoms with Crippen molar-refractivity contribution in [1.29, 1.82) is 0 Å². The monoisotopic (exact) mass is 207 g/mol. The van der Waals surface area contributed by atoms with Gasteiger partial charge in [0, 0.05) is 6.42 Å². The standard InChI is InChI=1S/C6H9NO5S/c7-6(9)12-5-1-2-13(10,11)3-4(5)8/h5H,1-3H2,(H2,7,9). The van der Waals surface area contributed by atoms with Crippen molar-refractivity contribution in [3.8, 4) is 0 Å². The Morgan fingerprint density at radius 1 is 1.54 bits per heavy atom. The summed E-state index contributed by atoms with van der Waals surface area (Å²) >= 11 is 0. The first kappa shape index (κ1) is 9.97. The van der Waals surface area contributed by atoms with Crippen LogP contribution in [0.25, 0.3) is 0 Å². The summed E-state index contributed by atoms with van der Waals surface area (Å²) in [5.74, 6) is -1.31. The van der Waals surface area contributed by atoms with Gasteiger partial charge < -0.3 is 10.5 Å². The average molecular weight is 207 g/mol. The number of nitrogens with two attached hydrogens (primary N) is 1. The number of primary amides is 1. The Kier molecular flexibility index (Phi) is 2.55. The predicted molar refractivity (Wildman–Crippen MR) is 42.7 cm³/mol. The minimum atomic E-state index is -3.28. The summed E-state index contributed by atoms with van der Waals surface area (Å²) in [7, 11) is -3.28. The number of hydrogen-bond donors (Lipinski definition) is 1. The Morgan fingerprint density at radius 2 is 2.15 bits per heavy atom. The van der Waals surface area contributed by atoms with Crippen molar-refractivity contribution in [1.82, 2.24) is 0 Å². The molecule has 0 aromatic rings. The van der Waals surface area contributed by atoms with Gasteiger partial charge in [-0.15, -0.1) is 0 Å². The Bertz CT molecular complexity index is 333. The van der Waals surface area contributed by atoms with Gasteiger partial charge in [0.2, 0.25) is 0 Å². The maximum absolute atomic E-state index is 11.0. The van der Waals surface area contributed by atoms with Crippen molar-refractivity contribution in [3.63, 3.8) is 0 Å². The number of rotatable bonds is 1. The average Bonchev–Trinajstić information content (AvgIpc) is 1.93. The maximum Gasteiger partial charge on any atom is 0.405 e. The lowest BCUT2D eigenvalue weighted by Crippen LogP contribution is -2.40. The second kappa shape index (κ2) is 3.33. The smallest absolute Gasteiger partial charge is 0.405 e. The van der Waals surface area contributed by atoms with E-state index in [1.165, 1.54) is 0 Å². The number of sulfone groups is 1. The van der Waals surface area contributed by atoms with Gasteiger partial charge in [0.15, 0.2) is 21.7 Å². The topological polar surface area (TPSA) is 104 Å². The van der Waals surface area contributed by atoms with Crippen LogP contribution in [0.2, 0.25) is 0 Å². The zero-order chi connectivity index (χ0) is 10.1. The minimum Gasteiger partial charge on any atom is -0.438 e. The SMILES string of the molecule is NC(=O)OC1CCS(=O)(=O)CC1=O. The lowest BCUT2D eigenvalue weighted by atomic mass is 10.2. The molecule has 13 heavy (non-hydrogen) atoms. The lowest BCUT2D eigenvalue weighted by molar-refractivity contribution is -0.125. The number of hydrogen-bond acceptors (Lipinski definition) is 5. The highest BCUT2D eigenvalue weighted by atomic mass is 32.2. The van der Waals surface area contributed by atoms with Gasteiger partial charge >= 0.3 is 6.09 Å². The van der Waals surface area contributed by atoms with E-state index in [0.717, 1.165) is 0 Å². The van der Waals surface area contributed by atoms with E-state index in [1.54, 1.807) is 0 Å². The lowest BCUT2D eigenvalue weighted by Gasteiger charge is -2.19. The van der Waals surface area contributed by atoms with Gasteiger partial charge in [0.25, 0.3) is 0 Å². The molecule has 7 heteroatoms. The fourth-order valence-corrected chi connectivity index (χ4v) is 2.43. The van der Waals surface area contributed by atoms with Crippen molar-refractivity contribution in [2.45, 2.75) is 12.5 Å². The third-order valence-electron chi connectivity index (χ3n) is 1.67. The quantitative estimate of drug-likeness (QED) is 0.584. The van der Waals surface area contributed by atoms with E-state index in [4.69, 9.17) is 5.73 Å². The number of Topliss-reactive ketones (excluding diaryl/α,β-unsaturated/α-hetero) is 1. The highest BCUT2D eigenvalue weighted by Crippen LogP contribution is 2.12. The van der Waals surface area contributed by atoms with Crippen molar-refractivity contribution in [3.05, 3.63) is 0 Å². The van der Waals surface area contributed by atoms with Gasteiger partial charge in [-0.3, -0.25) is 4.79 Å². The van der Waals surface area contributed by atoms with E-state index in [1.807, 2.05) is 0 Å². The molecule has 2 N–H and O–H groups in total. The summed E-state index contributed by atoms with van der Waals surface area (Å²) in [6, 6.07) is 0. The summed E-state index contributed by atoms with van der Waals surface area (Å²) < 4.78 is 26.2. The summed E-state index contributed by atoms with van der Waals surface area (Å²) in [5, 5.41) is 0. The molecule has 1 unspecified atom stereocenters. The molecule has 0 bridgehead atoms. The summed E-state index contributed by atoms with van der Waals surface area (Å²) in [4.78, 5) is 21.3. The van der Waals surface area contributed by atoms with E-state index < -0.39 is 33.6 Å². The molecule has 74 valence electrons. The van der Waals surface area contributed by atoms with Crippen molar-refractivity contribution in [2.75, 3.05) is 11.5 Å². The summed E-state index contributed by atoms with van der Waals surface area (Å²) in [6.07, 6.45) is -2.04. The van der Waals surface area contributed by atoms with Crippen molar-refractivity contribution >= 4 is 21.7 Å². The fraction of sp³-hybridized carbons (Fsp3) is 0.667. The van der Waals surface area contributed by atoms with Crippen LogP contribution in [0.15, 0.2) is 0 Å². The fourth-order valence-electron chi connectivity index (χ4n) is 1.09. The van der Waals surface area contributed by atoms with Crippen LogP contribution in [0.3, 0.4) is 0 Å². The van der Waals surface area contributed by atoms with E-state index in [9.17, 15) is 18.0 Å². The predicted octanol–water partition coefficient (Wildman–Crippen LogP) is -1.16. The number of carbonyl (C=O) groups excluding carboxylic acids is 2. The third kappa shape index (κ3) is 2.69. The van der Waals surface area contributed by atoms with Crippen LogP contribution in [-0.4, -0.2) is 37.9 Å². The number of carbonyl (C=O) groups is 2. The highest BCUT2D eigenvalue weighted by Gasteiger charge is 2.33. The molecular weight excluding hydrogens is 198 g/mol. The minimum absolute atomic E-state index is 0.00407. The summed E-state index contributed by atoms with van der Waals surface area (Å²) in [5.41, 5.74) is 4.69. The molecule has 0 radical (unpaired) electrons. The Labute approximate surface area is 75.0 Å². The van der Waals surface area contributed by atoms with Gasteiger partial charge in [-0.2, -0.15) is 0 Å². The van der Waals surface area contributed by atoms with Crippen molar-refractivity contribution < 1.29 is 22.7 Å². The molecule has 1 atom stereocenters. The van der Waals surface area contributed by atoms with Gasteiger partial charge in [-0.1, -0.05) is 0 Å². The number of amides is 1. The zero-order valence-corrected chi connectivity index (χ0v) is 7.54. The molecule has 1 amide bonds. The molecule has 1 aliphatic heterocycles. The normalized spacial score (nSPS) is 26.8. The van der Waals surface area contributed by atoms with E-state index in [0.29, 0.717) is 0 Å². The van der Waals surface area contributed by atoms with Crippen LogP contribution in [0.5, 0.6) is 0 Å². The van der Waals surface area contributed by atoms with Crippen LogP contribution in [0.4, 0.5) is 4.79 Å². The van der Waals surface area contributed by atoms with Gasteiger partial charge in [0.05, 0.1) is 5.75 Å². The van der Waals surface area contributed by atoms with Crippen LogP contribution in [-0.2, 0) is 19.4 Å². The molecule has 1 saturated heterocycles. The van der Waals surface area contributed by atoms with E-state index in [2.05, 4.69) is 4.74 Å². The molecule has 1 aliphatic rings. The molecule has 1 rings (SSSR count). The molecule has 0 aromatic carbocycles.